The molecule has 144 valence electrons. The van der Waals surface area contributed by atoms with Crippen molar-refractivity contribution in [1.29, 1.82) is 5.41 Å². The molecular weight excluding hydrogens is 365 g/mol. The lowest BCUT2D eigenvalue weighted by Crippen LogP contribution is -2.54. The van der Waals surface area contributed by atoms with Crippen LogP contribution in [0, 0.1) is 11.2 Å². The number of nitrogens with zero attached hydrogens (tertiary/aromatic N) is 1. The Hall–Kier alpha value is -3.26. The average molecular weight is 383 g/mol. The number of carbonyl (C=O) groups is 2. The van der Waals surface area contributed by atoms with Gasteiger partial charge in [0.2, 0.25) is 0 Å². The maximum absolute atomic E-state index is 14.3. The summed E-state index contributed by atoms with van der Waals surface area (Å²) in [5, 5.41) is 9.85. The minimum Gasteiger partial charge on any atom is -0.481 e. The van der Waals surface area contributed by atoms with Gasteiger partial charge in [0.1, 0.15) is 11.6 Å². The van der Waals surface area contributed by atoms with Gasteiger partial charge in [-0.05, 0) is 23.3 Å². The molecule has 2 aromatic rings. The average Bonchev–Trinajstić information content (AvgIpc) is 2.66. The number of likely N-dealkylation sites (tertiary alicyclic amines) is 1. The minimum atomic E-state index is -0.687. The zero-order valence-electron chi connectivity index (χ0n) is 14.9. The second-order valence-corrected chi connectivity index (χ2v) is 6.70. The summed E-state index contributed by atoms with van der Waals surface area (Å²) in [4.78, 5) is 25.5. The molecule has 0 bridgehead atoms. The second-order valence-electron chi connectivity index (χ2n) is 6.70. The Labute approximate surface area is 160 Å². The lowest BCUT2D eigenvalue weighted by atomic mass is 10.1. The van der Waals surface area contributed by atoms with E-state index < -0.39 is 11.7 Å². The van der Waals surface area contributed by atoms with Crippen LogP contribution >= 0.6 is 0 Å². The maximum atomic E-state index is 14.3. The van der Waals surface area contributed by atoms with Crippen molar-refractivity contribution in [2.24, 2.45) is 0 Å². The summed E-state index contributed by atoms with van der Waals surface area (Å²) in [5.41, 5.74) is 1.93. The molecule has 2 N–H and O–H groups in total. The molecule has 2 heterocycles. The first kappa shape index (κ1) is 18.1. The first-order valence-corrected chi connectivity index (χ1v) is 8.80. The summed E-state index contributed by atoms with van der Waals surface area (Å²) >= 11 is 0. The summed E-state index contributed by atoms with van der Waals surface area (Å²) < 4.78 is 25.2. The van der Waals surface area contributed by atoms with E-state index >= 15 is 0 Å². The van der Waals surface area contributed by atoms with Crippen molar-refractivity contribution >= 4 is 23.7 Å². The van der Waals surface area contributed by atoms with Crippen LogP contribution in [0.25, 0.3) is 0 Å². The number of benzene rings is 2. The molecule has 2 aliphatic rings. The fourth-order valence-electron chi connectivity index (χ4n) is 3.13. The zero-order valence-corrected chi connectivity index (χ0v) is 14.9. The molecule has 2 aliphatic heterocycles. The summed E-state index contributed by atoms with van der Waals surface area (Å²) in [6, 6.07) is 9.89. The maximum Gasteiger partial charge on any atom is 0.262 e. The number of ether oxygens (including phenoxy) is 2. The van der Waals surface area contributed by atoms with Crippen molar-refractivity contribution in [3.8, 4) is 5.75 Å². The van der Waals surface area contributed by atoms with Gasteiger partial charge in [-0.3, -0.25) is 9.59 Å². The number of fused-ring (bicyclic) bond motifs is 1. The fraction of sp³-hybridized carbons (Fsp3) is 0.250. The number of nitrogens with one attached hydrogen (secondary N) is 2. The Kier molecular flexibility index (Phi) is 4.79. The monoisotopic (exact) mass is 383 g/mol. The Morgan fingerprint density at radius 1 is 1.36 bits per heavy atom. The number of hydrogen-bond donors (Lipinski definition) is 2. The van der Waals surface area contributed by atoms with Gasteiger partial charge in [-0.1, -0.05) is 18.2 Å². The lowest BCUT2D eigenvalue weighted by molar-refractivity contribution is -0.118. The predicted octanol–water partition coefficient (Wildman–Crippen LogP) is 2.20. The summed E-state index contributed by atoms with van der Waals surface area (Å²) in [5.74, 6) is -1.27. The highest BCUT2D eigenvalue weighted by atomic mass is 19.1. The largest absolute Gasteiger partial charge is 0.481 e. The molecule has 1 fully saturated rings. The van der Waals surface area contributed by atoms with Crippen LogP contribution in [0.3, 0.4) is 0 Å². The third kappa shape index (κ3) is 3.59. The molecule has 0 spiro atoms. The fourth-order valence-corrected chi connectivity index (χ4v) is 3.13. The van der Waals surface area contributed by atoms with Gasteiger partial charge in [0.05, 0.1) is 24.0 Å². The van der Waals surface area contributed by atoms with Crippen molar-refractivity contribution in [3.05, 3.63) is 58.9 Å². The number of carbonyl (C=O) groups excluding carboxylic acids is 2. The smallest absolute Gasteiger partial charge is 0.262 e. The Bertz CT molecular complexity index is 956. The highest BCUT2D eigenvalue weighted by molar-refractivity contribution is 6.00. The van der Waals surface area contributed by atoms with Crippen molar-refractivity contribution in [3.63, 3.8) is 0 Å². The normalized spacial score (nSPS) is 15.9. The van der Waals surface area contributed by atoms with Crippen molar-refractivity contribution in [1.82, 2.24) is 4.90 Å². The van der Waals surface area contributed by atoms with Crippen LogP contribution in [0.2, 0.25) is 0 Å². The van der Waals surface area contributed by atoms with E-state index in [4.69, 9.17) is 14.9 Å². The first-order chi connectivity index (χ1) is 13.5. The van der Waals surface area contributed by atoms with Crippen molar-refractivity contribution in [2.45, 2.75) is 12.7 Å². The van der Waals surface area contributed by atoms with Gasteiger partial charge in [0.15, 0.2) is 6.61 Å². The quantitative estimate of drug-likeness (QED) is 0.775. The highest BCUT2D eigenvalue weighted by Gasteiger charge is 2.34. The topological polar surface area (TPSA) is 91.7 Å². The zero-order chi connectivity index (χ0) is 19.7. The standard InChI is InChI=1S/C20H18FN3O4/c21-16-6-18-17(23-19(25)11-28-18)5-15(16)20(26)24-8-14(9-24)27-10-13-3-1-2-12(4-13)7-22/h1-7,14,22H,8-11H2,(H,23,25). The van der Waals surface area contributed by atoms with Gasteiger partial charge in [0.25, 0.3) is 11.8 Å². The number of amides is 2. The predicted molar refractivity (Wildman–Crippen MR) is 99.3 cm³/mol. The molecule has 0 unspecified atom stereocenters. The van der Waals surface area contributed by atoms with Crippen LogP contribution in [-0.2, 0) is 16.1 Å². The number of anilines is 1. The third-order valence-electron chi connectivity index (χ3n) is 4.67. The molecule has 0 aliphatic carbocycles. The number of hydrogen-bond acceptors (Lipinski definition) is 5. The lowest BCUT2D eigenvalue weighted by Gasteiger charge is -2.39. The Morgan fingerprint density at radius 2 is 2.18 bits per heavy atom. The Balaban J connectivity index is 1.35. The highest BCUT2D eigenvalue weighted by Crippen LogP contribution is 2.31. The molecule has 2 aromatic carbocycles. The van der Waals surface area contributed by atoms with E-state index in [1.165, 1.54) is 17.2 Å². The SMILES string of the molecule is N=Cc1cccc(COC2CN(C(=O)c3cc4c(cc3F)OCC(=O)N4)C2)c1. The minimum absolute atomic E-state index is 0.110. The van der Waals surface area contributed by atoms with Gasteiger partial charge in [-0.15, -0.1) is 0 Å². The van der Waals surface area contributed by atoms with E-state index in [-0.39, 0.29) is 29.9 Å². The number of halogens is 1. The van der Waals surface area contributed by atoms with Crippen molar-refractivity contribution in [2.75, 3.05) is 25.0 Å². The molecular formula is C20H18FN3O4. The number of rotatable bonds is 5. The third-order valence-corrected chi connectivity index (χ3v) is 4.67. The van der Waals surface area contributed by atoms with Crippen LogP contribution in [0.1, 0.15) is 21.5 Å². The van der Waals surface area contributed by atoms with E-state index in [9.17, 15) is 14.0 Å². The Morgan fingerprint density at radius 3 is 2.96 bits per heavy atom. The van der Waals surface area contributed by atoms with E-state index in [2.05, 4.69) is 5.32 Å². The van der Waals surface area contributed by atoms with Crippen LogP contribution in [0.15, 0.2) is 36.4 Å². The van der Waals surface area contributed by atoms with E-state index in [0.29, 0.717) is 25.4 Å². The molecule has 0 atom stereocenters. The molecule has 4 rings (SSSR count). The molecule has 1 saturated heterocycles. The van der Waals surface area contributed by atoms with Crippen molar-refractivity contribution < 1.29 is 23.5 Å². The molecule has 0 aromatic heterocycles. The molecule has 28 heavy (non-hydrogen) atoms. The van der Waals surface area contributed by atoms with Gasteiger partial charge < -0.3 is 25.1 Å². The van der Waals surface area contributed by atoms with Crippen LogP contribution in [-0.4, -0.2) is 48.7 Å². The summed E-state index contributed by atoms with van der Waals surface area (Å²) in [7, 11) is 0. The van der Waals surface area contributed by atoms with E-state index in [1.54, 1.807) is 0 Å². The van der Waals surface area contributed by atoms with Gasteiger partial charge in [-0.2, -0.15) is 0 Å². The first-order valence-electron chi connectivity index (χ1n) is 8.80. The summed E-state index contributed by atoms with van der Waals surface area (Å²) in [6.07, 6.45) is 1.14. The van der Waals surface area contributed by atoms with Crippen LogP contribution < -0.4 is 10.1 Å². The molecule has 8 heteroatoms. The van der Waals surface area contributed by atoms with E-state index in [1.807, 2.05) is 24.3 Å². The van der Waals surface area contributed by atoms with Gasteiger partial charge in [-0.25, -0.2) is 4.39 Å². The molecule has 2 amide bonds. The molecule has 0 saturated carbocycles. The van der Waals surface area contributed by atoms with Gasteiger partial charge in [0, 0.05) is 25.4 Å². The molecule has 0 radical (unpaired) electrons. The second kappa shape index (κ2) is 7.40. The van der Waals surface area contributed by atoms with E-state index in [0.717, 1.165) is 17.2 Å². The summed E-state index contributed by atoms with van der Waals surface area (Å²) in [6.45, 7) is 0.934. The molecule has 7 nitrogen and oxygen atoms in total. The van der Waals surface area contributed by atoms with Gasteiger partial charge >= 0.3 is 0 Å². The van der Waals surface area contributed by atoms with Crippen LogP contribution in [0.5, 0.6) is 5.75 Å². The van der Waals surface area contributed by atoms with Crippen LogP contribution in [0.4, 0.5) is 10.1 Å².